The summed E-state index contributed by atoms with van der Waals surface area (Å²) in [5, 5.41) is 9.39. The number of aromatic nitrogens is 1. The van der Waals surface area contributed by atoms with Gasteiger partial charge in [-0.05, 0) is 55.0 Å². The van der Waals surface area contributed by atoms with Gasteiger partial charge in [0.15, 0.2) is 5.58 Å². The second kappa shape index (κ2) is 10.6. The Balaban J connectivity index is 0.000000917. The van der Waals surface area contributed by atoms with Crippen molar-refractivity contribution in [1.29, 1.82) is 0 Å². The summed E-state index contributed by atoms with van der Waals surface area (Å²) in [5.41, 5.74) is 4.30. The number of carbonyl (C=O) groups excluding carboxylic acids is 2. The molecule has 176 valence electrons. The summed E-state index contributed by atoms with van der Waals surface area (Å²) >= 11 is 0. The van der Waals surface area contributed by atoms with E-state index >= 15 is 0 Å². The average Bonchev–Trinajstić information content (AvgIpc) is 3.30. The highest BCUT2D eigenvalue weighted by molar-refractivity contribution is 5.85. The van der Waals surface area contributed by atoms with Gasteiger partial charge in [-0.25, -0.2) is 14.7 Å². The monoisotopic (exact) mass is 472 g/mol. The molecule has 5 aromatic rings. The summed E-state index contributed by atoms with van der Waals surface area (Å²) in [4.78, 5) is 39.7. The quantitative estimate of drug-likeness (QED) is 0.203. The molecule has 35 heavy (non-hydrogen) atoms. The van der Waals surface area contributed by atoms with Gasteiger partial charge >= 0.3 is 11.8 Å². The molecule has 0 unspecified atom stereocenters. The van der Waals surface area contributed by atoms with Crippen LogP contribution in [0.15, 0.2) is 86.4 Å². The number of hydrogen-bond acceptors (Lipinski definition) is 9. The molecule has 0 bridgehead atoms. The molecular weight excluding hydrogens is 452 g/mol. The van der Waals surface area contributed by atoms with Crippen molar-refractivity contribution in [1.82, 2.24) is 4.98 Å². The SMILES string of the molecule is CCN(c1ccc(COO)cc1)c1ccc2cc(-c3nc4ccccc4o3)c(=O)oc2c1.O=C=O. The lowest BCUT2D eigenvalue weighted by molar-refractivity contribution is -0.253. The summed E-state index contributed by atoms with van der Waals surface area (Å²) < 4.78 is 11.4. The summed E-state index contributed by atoms with van der Waals surface area (Å²) in [5.74, 6) is 0.244. The first-order valence-corrected chi connectivity index (χ1v) is 10.6. The van der Waals surface area contributed by atoms with Gasteiger partial charge in [0.2, 0.25) is 5.89 Å². The number of nitrogens with zero attached hydrogens (tertiary/aromatic N) is 2. The lowest BCUT2D eigenvalue weighted by atomic mass is 10.1. The van der Waals surface area contributed by atoms with Crippen molar-refractivity contribution in [2.24, 2.45) is 0 Å². The van der Waals surface area contributed by atoms with Crippen LogP contribution in [-0.2, 0) is 21.1 Å². The molecule has 0 atom stereocenters. The Bertz CT molecular complexity index is 1520. The summed E-state index contributed by atoms with van der Waals surface area (Å²) in [6.07, 6.45) is 0.250. The lowest BCUT2D eigenvalue weighted by Gasteiger charge is -2.23. The predicted octanol–water partition coefficient (Wildman–Crippen LogP) is 5.17. The highest BCUT2D eigenvalue weighted by Gasteiger charge is 2.16. The second-order valence-electron chi connectivity index (χ2n) is 7.42. The van der Waals surface area contributed by atoms with Crippen molar-refractivity contribution in [2.75, 3.05) is 11.4 Å². The molecule has 0 radical (unpaired) electrons. The van der Waals surface area contributed by atoms with Gasteiger partial charge in [0.25, 0.3) is 0 Å². The topological polar surface area (TPSA) is 123 Å². The highest BCUT2D eigenvalue weighted by atomic mass is 17.1. The smallest absolute Gasteiger partial charge is 0.373 e. The van der Waals surface area contributed by atoms with E-state index in [2.05, 4.69) is 14.8 Å². The first-order valence-electron chi connectivity index (χ1n) is 10.6. The Morgan fingerprint density at radius 1 is 0.943 bits per heavy atom. The Morgan fingerprint density at radius 2 is 1.66 bits per heavy atom. The molecule has 1 N–H and O–H groups in total. The number of benzene rings is 3. The second-order valence-corrected chi connectivity index (χ2v) is 7.42. The van der Waals surface area contributed by atoms with E-state index in [4.69, 9.17) is 23.7 Å². The van der Waals surface area contributed by atoms with Crippen LogP contribution in [0.25, 0.3) is 33.5 Å². The molecule has 0 saturated carbocycles. The molecule has 5 rings (SSSR count). The Kier molecular flexibility index (Phi) is 7.13. The minimum Gasteiger partial charge on any atom is -0.436 e. The molecule has 2 heterocycles. The Hall–Kier alpha value is -4.56. The fourth-order valence-corrected chi connectivity index (χ4v) is 3.77. The van der Waals surface area contributed by atoms with Crippen LogP contribution in [0.2, 0.25) is 0 Å². The molecular formula is C26H20N2O7. The van der Waals surface area contributed by atoms with Crippen LogP contribution in [0.3, 0.4) is 0 Å². The first-order chi connectivity index (χ1) is 17.1. The standard InChI is InChI=1S/C25H20N2O5.CO2/c1-2-27(18-10-7-16(8-11-18)15-30-29)19-12-9-17-13-20(25(28)32-23(17)14-19)24-26-21-5-3-4-6-22(21)31-24;2-1-3/h3-14,29H,2,15H2,1H3;. The van der Waals surface area contributed by atoms with Gasteiger partial charge in [-0.1, -0.05) is 24.3 Å². The molecule has 2 aromatic heterocycles. The molecule has 0 aliphatic heterocycles. The number of anilines is 2. The van der Waals surface area contributed by atoms with Crippen molar-refractivity contribution < 1.29 is 28.6 Å². The lowest BCUT2D eigenvalue weighted by Crippen LogP contribution is -2.16. The molecule has 0 spiro atoms. The average molecular weight is 472 g/mol. The van der Waals surface area contributed by atoms with Gasteiger partial charge in [0.05, 0.1) is 0 Å². The van der Waals surface area contributed by atoms with E-state index < -0.39 is 5.63 Å². The Labute approximate surface area is 198 Å². The first kappa shape index (κ1) is 23.6. The third-order valence-electron chi connectivity index (χ3n) is 5.35. The fourth-order valence-electron chi connectivity index (χ4n) is 3.77. The molecule has 0 aliphatic carbocycles. The molecule has 0 amide bonds. The van der Waals surface area contributed by atoms with Crippen molar-refractivity contribution >= 4 is 39.6 Å². The van der Waals surface area contributed by atoms with Crippen molar-refractivity contribution in [3.8, 4) is 11.5 Å². The maximum Gasteiger partial charge on any atom is 0.373 e. The molecule has 3 aromatic carbocycles. The zero-order valence-corrected chi connectivity index (χ0v) is 18.6. The van der Waals surface area contributed by atoms with Crippen LogP contribution in [0.4, 0.5) is 11.4 Å². The van der Waals surface area contributed by atoms with Gasteiger partial charge < -0.3 is 13.7 Å². The van der Waals surface area contributed by atoms with E-state index in [1.807, 2.05) is 73.7 Å². The minimum absolute atomic E-state index is 0.135. The largest absolute Gasteiger partial charge is 0.436 e. The van der Waals surface area contributed by atoms with Gasteiger partial charge in [0.1, 0.15) is 23.3 Å². The highest BCUT2D eigenvalue weighted by Crippen LogP contribution is 2.30. The Morgan fingerprint density at radius 3 is 2.34 bits per heavy atom. The van der Waals surface area contributed by atoms with Crippen LogP contribution >= 0.6 is 0 Å². The van der Waals surface area contributed by atoms with Gasteiger partial charge in [-0.3, -0.25) is 5.26 Å². The van der Waals surface area contributed by atoms with Crippen LogP contribution in [0.5, 0.6) is 0 Å². The third kappa shape index (κ3) is 5.02. The van der Waals surface area contributed by atoms with Gasteiger partial charge in [-0.2, -0.15) is 9.59 Å². The number of hydrogen-bond donors (Lipinski definition) is 1. The van der Waals surface area contributed by atoms with E-state index in [9.17, 15) is 4.79 Å². The maximum atomic E-state index is 12.7. The van der Waals surface area contributed by atoms with Gasteiger partial charge in [-0.15, -0.1) is 0 Å². The predicted molar refractivity (Wildman–Crippen MR) is 127 cm³/mol. The number of fused-ring (bicyclic) bond motifs is 2. The molecule has 9 heteroatoms. The zero-order valence-electron chi connectivity index (χ0n) is 18.6. The van der Waals surface area contributed by atoms with Crippen molar-refractivity contribution in [3.05, 3.63) is 88.8 Å². The summed E-state index contributed by atoms with van der Waals surface area (Å²) in [6, 6.07) is 22.5. The van der Waals surface area contributed by atoms with Crippen LogP contribution in [-0.4, -0.2) is 22.9 Å². The van der Waals surface area contributed by atoms with E-state index in [0.717, 1.165) is 22.3 Å². The van der Waals surface area contributed by atoms with E-state index in [1.165, 1.54) is 0 Å². The number of para-hydroxylation sites is 2. The van der Waals surface area contributed by atoms with Crippen LogP contribution in [0, 0.1) is 0 Å². The molecule has 0 fully saturated rings. The normalized spacial score (nSPS) is 10.6. The molecule has 0 saturated heterocycles. The molecule has 9 nitrogen and oxygen atoms in total. The van der Waals surface area contributed by atoms with E-state index in [0.29, 0.717) is 23.2 Å². The third-order valence-corrected chi connectivity index (χ3v) is 5.35. The molecule has 0 aliphatic rings. The minimum atomic E-state index is -0.502. The van der Waals surface area contributed by atoms with Crippen LogP contribution < -0.4 is 10.5 Å². The van der Waals surface area contributed by atoms with Crippen molar-refractivity contribution in [2.45, 2.75) is 13.5 Å². The zero-order chi connectivity index (χ0) is 24.8. The van der Waals surface area contributed by atoms with E-state index in [1.54, 1.807) is 6.07 Å². The fraction of sp³-hybridized carbons (Fsp3) is 0.115. The summed E-state index contributed by atoms with van der Waals surface area (Å²) in [7, 11) is 0. The number of oxazole rings is 1. The van der Waals surface area contributed by atoms with E-state index in [-0.39, 0.29) is 24.2 Å². The van der Waals surface area contributed by atoms with Gasteiger partial charge in [0, 0.05) is 29.4 Å². The maximum absolute atomic E-state index is 12.7. The van der Waals surface area contributed by atoms with Crippen molar-refractivity contribution in [3.63, 3.8) is 0 Å². The number of rotatable bonds is 6. The summed E-state index contributed by atoms with van der Waals surface area (Å²) in [6.45, 7) is 2.89. The van der Waals surface area contributed by atoms with Crippen LogP contribution in [0.1, 0.15) is 12.5 Å².